The number of ether oxygens (including phenoxy) is 2. The van der Waals surface area contributed by atoms with Gasteiger partial charge in [0, 0.05) is 72.8 Å². The maximum atomic E-state index is 14.4. The second-order valence-corrected chi connectivity index (χ2v) is 18.4. The second kappa shape index (κ2) is 23.3. The summed E-state index contributed by atoms with van der Waals surface area (Å²) >= 11 is 12.7. The zero-order valence-electron chi connectivity index (χ0n) is 38.9. The maximum absolute atomic E-state index is 14.4. The molecule has 4 unspecified atom stereocenters. The Balaban J connectivity index is 1.13. The average molecular weight is 956 g/mol. The van der Waals surface area contributed by atoms with E-state index < -0.39 is 41.3 Å². The summed E-state index contributed by atoms with van der Waals surface area (Å²) in [6.45, 7) is 4.86. The Morgan fingerprint density at radius 2 is 1.70 bits per heavy atom. The van der Waals surface area contributed by atoms with Crippen molar-refractivity contribution in [3.05, 3.63) is 130 Å². The second-order valence-electron chi connectivity index (χ2n) is 17.6. The fraction of sp³-hybridized carbons (Fsp3) is 0.400. The summed E-state index contributed by atoms with van der Waals surface area (Å²) in [5.41, 5.74) is 4.00. The van der Waals surface area contributed by atoms with Gasteiger partial charge in [-0.15, -0.1) is 0 Å². The van der Waals surface area contributed by atoms with Crippen LogP contribution in [0.5, 0.6) is 11.5 Å². The highest BCUT2D eigenvalue weighted by Crippen LogP contribution is 2.32. The zero-order valence-corrected chi connectivity index (χ0v) is 40.4. The van der Waals surface area contributed by atoms with Crippen LogP contribution in [0.2, 0.25) is 10.0 Å². The lowest BCUT2D eigenvalue weighted by Crippen LogP contribution is -2.65. The van der Waals surface area contributed by atoms with Gasteiger partial charge in [-0.3, -0.25) is 24.2 Å². The van der Waals surface area contributed by atoms with E-state index in [1.807, 2.05) is 88.9 Å². The molecule has 1 aliphatic rings. The minimum atomic E-state index is -1.09. The van der Waals surface area contributed by atoms with Crippen molar-refractivity contribution in [2.75, 3.05) is 40.9 Å². The van der Waals surface area contributed by atoms with Gasteiger partial charge in [-0.2, -0.15) is 0 Å². The molecule has 3 heterocycles. The normalized spacial score (nSPS) is 16.3. The molecule has 0 aliphatic carbocycles. The number of hydrogen-bond donors (Lipinski definition) is 4. The number of aliphatic carboxylic acids is 1. The summed E-state index contributed by atoms with van der Waals surface area (Å²) in [5.74, 6) is -1.16. The molecule has 6 rings (SSSR count). The molecule has 0 bridgehead atoms. The molecule has 2 aromatic heterocycles. The molecule has 0 radical (unpaired) electrons. The monoisotopic (exact) mass is 954 g/mol. The highest BCUT2D eigenvalue weighted by atomic mass is 35.5. The number of likely N-dealkylation sites (tertiary alicyclic amines) is 1. The summed E-state index contributed by atoms with van der Waals surface area (Å²) in [4.78, 5) is 67.2. The number of carbonyl (C=O) groups excluding carboxylic acids is 3. The molecule has 1 saturated heterocycles. The van der Waals surface area contributed by atoms with Crippen molar-refractivity contribution in [3.63, 3.8) is 0 Å². The maximum Gasteiger partial charge on any atom is 0.304 e. The molecule has 4 atom stereocenters. The number of pyridine rings is 1. The van der Waals surface area contributed by atoms with Crippen LogP contribution in [0.4, 0.5) is 0 Å². The number of aryl methyl sites for hydroxylation is 1. The van der Waals surface area contributed by atoms with Crippen molar-refractivity contribution in [3.8, 4) is 22.8 Å². The van der Waals surface area contributed by atoms with Gasteiger partial charge in [-0.25, -0.2) is 4.98 Å². The van der Waals surface area contributed by atoms with Crippen LogP contribution in [-0.2, 0) is 56.9 Å². The molecule has 1 fully saturated rings. The number of carbonyl (C=O) groups is 4. The quantitative estimate of drug-likeness (QED) is 0.0622. The Morgan fingerprint density at radius 3 is 2.39 bits per heavy atom. The Morgan fingerprint density at radius 1 is 0.970 bits per heavy atom. The number of carboxylic acid groups (broad SMARTS) is 1. The minimum absolute atomic E-state index is 0.112. The number of hydrogen-bond acceptors (Lipinski definition) is 10. The zero-order chi connectivity index (χ0) is 48.3. The van der Waals surface area contributed by atoms with Gasteiger partial charge in [0.15, 0.2) is 0 Å². The Kier molecular flexibility index (Phi) is 17.5. The van der Waals surface area contributed by atoms with Crippen LogP contribution < -0.4 is 20.7 Å². The number of nitrogens with zero attached hydrogens (tertiary/aromatic N) is 5. The van der Waals surface area contributed by atoms with Crippen molar-refractivity contribution in [2.45, 2.75) is 76.7 Å². The molecule has 67 heavy (non-hydrogen) atoms. The first-order valence-corrected chi connectivity index (χ1v) is 23.0. The third kappa shape index (κ3) is 14.1. The Bertz CT molecular complexity index is 2500. The minimum Gasteiger partial charge on any atom is -0.481 e. The van der Waals surface area contributed by atoms with Gasteiger partial charge >= 0.3 is 5.97 Å². The van der Waals surface area contributed by atoms with Crippen LogP contribution >= 0.6 is 23.2 Å². The lowest BCUT2D eigenvalue weighted by atomic mass is 9.82. The van der Waals surface area contributed by atoms with Crippen molar-refractivity contribution in [1.82, 2.24) is 40.3 Å². The van der Waals surface area contributed by atoms with E-state index in [1.165, 1.54) is 7.11 Å². The lowest BCUT2D eigenvalue weighted by Gasteiger charge is -2.45. The molecule has 15 nitrogen and oxygen atoms in total. The highest BCUT2D eigenvalue weighted by Gasteiger charge is 2.42. The van der Waals surface area contributed by atoms with Crippen molar-refractivity contribution in [2.24, 2.45) is 13.0 Å². The number of imidazole rings is 1. The van der Waals surface area contributed by atoms with Crippen molar-refractivity contribution >= 4 is 46.9 Å². The average Bonchev–Trinajstić information content (AvgIpc) is 3.64. The number of carboxylic acids is 1. The topological polar surface area (TPSA) is 180 Å². The summed E-state index contributed by atoms with van der Waals surface area (Å²) in [6.07, 6.45) is 3.03. The highest BCUT2D eigenvalue weighted by molar-refractivity contribution is 6.31. The molecule has 0 spiro atoms. The van der Waals surface area contributed by atoms with E-state index in [-0.39, 0.29) is 38.4 Å². The largest absolute Gasteiger partial charge is 0.481 e. The first-order valence-electron chi connectivity index (χ1n) is 22.3. The van der Waals surface area contributed by atoms with Crippen LogP contribution in [0, 0.1) is 12.8 Å². The summed E-state index contributed by atoms with van der Waals surface area (Å²) in [7, 11) is 7.45. The van der Waals surface area contributed by atoms with Crippen molar-refractivity contribution < 1.29 is 33.8 Å². The van der Waals surface area contributed by atoms with E-state index in [1.54, 1.807) is 42.2 Å². The first-order chi connectivity index (χ1) is 32.0. The van der Waals surface area contributed by atoms with Gasteiger partial charge < -0.3 is 44.9 Å². The summed E-state index contributed by atoms with van der Waals surface area (Å²) in [6, 6.07) is 23.9. The standard InChI is InChI=1S/C50H60Cl2N8O7/c1-32-9-7-10-40(55-32)23-37(24-46(61)62)49(65)60-22-8-21-50(31-60,26-34-11-16-38(51)17-12-34)57-48(64)42(30-66-6)56-47(63)33(2)53-27-36-13-18-39(52)25-44(36)67-41-19-14-35(15-20-41)43-28-54-45(59(43)5)29-58(3)4/h7,9-20,25,28,33,37,42,53H,8,21-24,26-27,29-31H2,1-6H3,(H,56,63)(H,57,64)(H,61,62). The fourth-order valence-corrected chi connectivity index (χ4v) is 8.66. The number of nitrogens with one attached hydrogen (secondary N) is 3. The van der Waals surface area contributed by atoms with Crippen LogP contribution in [0.15, 0.2) is 91.1 Å². The predicted molar refractivity (Wildman–Crippen MR) is 258 cm³/mol. The number of benzene rings is 3. The molecule has 3 amide bonds. The van der Waals surface area contributed by atoms with Gasteiger partial charge in [0.1, 0.15) is 23.4 Å². The first kappa shape index (κ1) is 50.6. The summed E-state index contributed by atoms with van der Waals surface area (Å²) < 4.78 is 13.8. The van der Waals surface area contributed by atoms with Crippen LogP contribution in [0.3, 0.4) is 0 Å². The molecule has 3 aromatic carbocycles. The number of piperidine rings is 1. The van der Waals surface area contributed by atoms with Gasteiger partial charge in [0.2, 0.25) is 17.7 Å². The van der Waals surface area contributed by atoms with E-state index in [0.717, 1.165) is 40.4 Å². The third-order valence-electron chi connectivity index (χ3n) is 11.8. The molecular formula is C50H60Cl2N8O7. The Labute approximate surface area is 402 Å². The Hall–Kier alpha value is -5.84. The predicted octanol–water partition coefficient (Wildman–Crippen LogP) is 6.61. The van der Waals surface area contributed by atoms with Crippen LogP contribution in [0.25, 0.3) is 11.3 Å². The fourth-order valence-electron chi connectivity index (χ4n) is 8.37. The number of aromatic nitrogens is 3. The van der Waals surface area contributed by atoms with E-state index in [9.17, 15) is 24.3 Å². The molecule has 0 saturated carbocycles. The van der Waals surface area contributed by atoms with Gasteiger partial charge in [0.25, 0.3) is 0 Å². The molecular weight excluding hydrogens is 896 g/mol. The summed E-state index contributed by atoms with van der Waals surface area (Å²) in [5, 5.41) is 20.2. The van der Waals surface area contributed by atoms with Gasteiger partial charge in [0.05, 0.1) is 49.0 Å². The molecule has 4 N–H and O–H groups in total. The third-order valence-corrected chi connectivity index (χ3v) is 12.3. The van der Waals surface area contributed by atoms with Gasteiger partial charge in [-0.05, 0) is 113 Å². The number of rotatable bonds is 21. The molecule has 356 valence electrons. The van der Waals surface area contributed by atoms with Crippen LogP contribution in [0.1, 0.15) is 54.5 Å². The van der Waals surface area contributed by atoms with Crippen molar-refractivity contribution in [1.29, 1.82) is 0 Å². The molecule has 5 aromatic rings. The lowest BCUT2D eigenvalue weighted by molar-refractivity contribution is -0.146. The van der Waals surface area contributed by atoms with Gasteiger partial charge in [-0.1, -0.05) is 47.5 Å². The smallest absolute Gasteiger partial charge is 0.304 e. The number of halogens is 2. The number of amides is 3. The number of methoxy groups -OCH3 is 1. The molecule has 17 heteroatoms. The van der Waals surface area contributed by atoms with E-state index >= 15 is 0 Å². The van der Waals surface area contributed by atoms with Crippen LogP contribution in [-0.4, -0.2) is 112 Å². The van der Waals surface area contributed by atoms with E-state index in [2.05, 4.69) is 35.4 Å². The SMILES string of the molecule is COCC(NC(=O)C(C)NCc1ccc(Cl)cc1Oc1ccc(-c2cnc(CN(C)C)n2C)cc1)C(=O)NC1(Cc2ccc(Cl)cc2)CCCN(C(=O)C(CC(=O)O)Cc2cccc(C)n2)C1. The van der Waals surface area contributed by atoms with E-state index in [0.29, 0.717) is 53.0 Å². The van der Waals surface area contributed by atoms with E-state index in [4.69, 9.17) is 32.7 Å². The molecule has 1 aliphatic heterocycles.